The van der Waals surface area contributed by atoms with Crippen LogP contribution in [-0.4, -0.2) is 60.7 Å². The van der Waals surface area contributed by atoms with Gasteiger partial charge in [0, 0.05) is 35.1 Å². The number of hydrogen-bond acceptors (Lipinski definition) is 7. The van der Waals surface area contributed by atoms with E-state index in [1.165, 1.54) is 22.9 Å². The van der Waals surface area contributed by atoms with E-state index in [2.05, 4.69) is 49.6 Å². The van der Waals surface area contributed by atoms with Crippen molar-refractivity contribution in [1.82, 2.24) is 14.9 Å². The average Bonchev–Trinajstić information content (AvgIpc) is 3.41. The molecule has 1 fully saturated rings. The van der Waals surface area contributed by atoms with Crippen molar-refractivity contribution in [3.8, 4) is 17.0 Å². The second kappa shape index (κ2) is 10.0. The Labute approximate surface area is 222 Å². The second-order valence-corrected chi connectivity index (χ2v) is 10.8. The van der Waals surface area contributed by atoms with Crippen molar-refractivity contribution >= 4 is 23.0 Å². The van der Waals surface area contributed by atoms with E-state index in [0.717, 1.165) is 50.8 Å². The van der Waals surface area contributed by atoms with E-state index >= 15 is 4.39 Å². The van der Waals surface area contributed by atoms with Crippen LogP contribution in [0.4, 0.5) is 31.8 Å². The molecule has 6 rings (SSSR count). The fourth-order valence-corrected chi connectivity index (χ4v) is 5.95. The first-order valence-electron chi connectivity index (χ1n) is 13.5. The number of hydrogen-bond donors (Lipinski definition) is 2. The minimum Gasteiger partial charge on any atom is -0.486 e. The Morgan fingerprint density at radius 1 is 1.11 bits per heavy atom. The molecule has 3 aliphatic heterocycles. The van der Waals surface area contributed by atoms with E-state index in [9.17, 15) is 4.39 Å². The van der Waals surface area contributed by atoms with E-state index in [0.29, 0.717) is 30.3 Å². The van der Waals surface area contributed by atoms with Crippen molar-refractivity contribution in [2.45, 2.75) is 45.1 Å². The maximum Gasteiger partial charge on any atom is 0.227 e. The summed E-state index contributed by atoms with van der Waals surface area (Å²) in [5.74, 6) is -0.107. The molecular formula is C29H34F2N6O. The minimum absolute atomic E-state index is 0.0520. The van der Waals surface area contributed by atoms with Crippen LogP contribution in [-0.2, 0) is 6.42 Å². The lowest BCUT2D eigenvalue weighted by Crippen LogP contribution is -2.38. The van der Waals surface area contributed by atoms with Crippen molar-refractivity contribution in [2.75, 3.05) is 55.4 Å². The highest BCUT2D eigenvalue weighted by Gasteiger charge is 2.27. The summed E-state index contributed by atoms with van der Waals surface area (Å²) in [6.45, 7) is 8.22. The molecule has 3 aliphatic rings. The summed E-state index contributed by atoms with van der Waals surface area (Å²) in [5, 5.41) is 6.90. The first-order chi connectivity index (χ1) is 18.4. The predicted molar refractivity (Wildman–Crippen MR) is 147 cm³/mol. The average molecular weight is 521 g/mol. The lowest BCUT2D eigenvalue weighted by Gasteiger charge is -2.34. The van der Waals surface area contributed by atoms with Gasteiger partial charge in [-0.2, -0.15) is 0 Å². The predicted octanol–water partition coefficient (Wildman–Crippen LogP) is 5.55. The van der Waals surface area contributed by atoms with Gasteiger partial charge in [0.15, 0.2) is 17.4 Å². The van der Waals surface area contributed by atoms with Gasteiger partial charge in [-0.05, 0) is 82.9 Å². The van der Waals surface area contributed by atoms with Crippen molar-refractivity contribution in [1.29, 1.82) is 0 Å². The van der Waals surface area contributed by atoms with Gasteiger partial charge in [0.05, 0.1) is 18.4 Å². The molecule has 0 saturated carbocycles. The first kappa shape index (κ1) is 24.9. The number of aromatic nitrogens is 2. The summed E-state index contributed by atoms with van der Waals surface area (Å²) in [5.41, 5.74) is 5.72. The third kappa shape index (κ3) is 4.53. The number of benzene rings is 2. The Kier molecular flexibility index (Phi) is 6.55. The Balaban J connectivity index is 1.32. The fourth-order valence-electron chi connectivity index (χ4n) is 5.95. The van der Waals surface area contributed by atoms with Crippen LogP contribution in [0.2, 0.25) is 0 Å². The number of likely N-dealkylation sites (tertiary alicyclic amines) is 1. The number of fused-ring (bicyclic) bond motifs is 2. The number of anilines is 4. The molecule has 0 amide bonds. The van der Waals surface area contributed by atoms with Gasteiger partial charge in [-0.15, -0.1) is 0 Å². The van der Waals surface area contributed by atoms with Gasteiger partial charge < -0.3 is 25.2 Å². The number of ether oxygens (including phenoxy) is 1. The van der Waals surface area contributed by atoms with Crippen LogP contribution in [0, 0.1) is 11.6 Å². The molecule has 38 heavy (non-hydrogen) atoms. The summed E-state index contributed by atoms with van der Waals surface area (Å²) < 4.78 is 35.6. The molecule has 3 aromatic rings. The molecule has 200 valence electrons. The molecule has 0 radical (unpaired) electrons. The molecule has 0 aliphatic carbocycles. The van der Waals surface area contributed by atoms with Crippen LogP contribution in [0.5, 0.6) is 5.75 Å². The maximum absolute atomic E-state index is 15.1. The van der Waals surface area contributed by atoms with Gasteiger partial charge in [-0.1, -0.05) is 6.07 Å². The second-order valence-electron chi connectivity index (χ2n) is 10.8. The highest BCUT2D eigenvalue weighted by molar-refractivity contribution is 5.76. The number of nitrogens with zero attached hydrogens (tertiary/aromatic N) is 4. The third-order valence-corrected chi connectivity index (χ3v) is 7.98. The van der Waals surface area contributed by atoms with Crippen LogP contribution < -0.4 is 20.3 Å². The zero-order chi connectivity index (χ0) is 26.4. The number of rotatable bonds is 5. The first-order valence-corrected chi connectivity index (χ1v) is 13.5. The number of halogens is 2. The van der Waals surface area contributed by atoms with E-state index in [4.69, 9.17) is 4.74 Å². The van der Waals surface area contributed by atoms with Crippen LogP contribution in [0.3, 0.4) is 0 Å². The summed E-state index contributed by atoms with van der Waals surface area (Å²) in [6, 6.07) is 7.47. The summed E-state index contributed by atoms with van der Waals surface area (Å²) >= 11 is 0. The molecule has 1 aromatic heterocycles. The normalized spacial score (nSPS) is 17.7. The molecule has 0 atom stereocenters. The SMILES string of the molecule is CC(C)N1CCOc2c(F)cc(-c3nc(Nc4ccc(C5CCN(C)CC5)c5c4CCN5)ncc3F)cc21. The Morgan fingerprint density at radius 3 is 2.71 bits per heavy atom. The van der Waals surface area contributed by atoms with E-state index < -0.39 is 11.6 Å². The molecule has 7 nitrogen and oxygen atoms in total. The van der Waals surface area contributed by atoms with Gasteiger partial charge in [-0.3, -0.25) is 0 Å². The summed E-state index contributed by atoms with van der Waals surface area (Å²) in [6.07, 6.45) is 4.34. The molecule has 1 saturated heterocycles. The highest BCUT2D eigenvalue weighted by atomic mass is 19.1. The zero-order valence-electron chi connectivity index (χ0n) is 22.2. The minimum atomic E-state index is -0.604. The Bertz CT molecular complexity index is 1360. The largest absolute Gasteiger partial charge is 0.486 e. The quantitative estimate of drug-likeness (QED) is 0.457. The van der Waals surface area contributed by atoms with Gasteiger partial charge >= 0.3 is 0 Å². The van der Waals surface area contributed by atoms with Crippen LogP contribution >= 0.6 is 0 Å². The topological polar surface area (TPSA) is 65.6 Å². The van der Waals surface area contributed by atoms with Gasteiger partial charge in [0.1, 0.15) is 12.3 Å². The van der Waals surface area contributed by atoms with Crippen LogP contribution in [0.25, 0.3) is 11.3 Å². The number of piperidine rings is 1. The maximum atomic E-state index is 15.1. The molecule has 4 heterocycles. The molecule has 0 spiro atoms. The highest BCUT2D eigenvalue weighted by Crippen LogP contribution is 2.42. The fraction of sp³-hybridized carbons (Fsp3) is 0.448. The van der Waals surface area contributed by atoms with Crippen molar-refractivity contribution in [3.63, 3.8) is 0 Å². The lowest BCUT2D eigenvalue weighted by molar-refractivity contribution is 0.255. The molecule has 0 unspecified atom stereocenters. The summed E-state index contributed by atoms with van der Waals surface area (Å²) in [7, 11) is 2.18. The Hall–Kier alpha value is -3.46. The molecule has 2 N–H and O–H groups in total. The molecule has 0 bridgehead atoms. The van der Waals surface area contributed by atoms with E-state index in [1.807, 2.05) is 13.8 Å². The monoisotopic (exact) mass is 520 g/mol. The van der Waals surface area contributed by atoms with Crippen molar-refractivity contribution < 1.29 is 13.5 Å². The lowest BCUT2D eigenvalue weighted by atomic mass is 9.87. The standard InChI is InChI=1S/C29H34F2N6O/c1-17(2)37-12-13-38-28-22(30)14-19(15-25(28)37)26-23(31)16-33-29(35-26)34-24-5-4-20(27-21(24)6-9-32-27)18-7-10-36(3)11-8-18/h4-5,14-18,32H,6-13H2,1-3H3,(H,33,34,35). The summed E-state index contributed by atoms with van der Waals surface area (Å²) in [4.78, 5) is 13.1. The Morgan fingerprint density at radius 2 is 1.92 bits per heavy atom. The van der Waals surface area contributed by atoms with Crippen LogP contribution in [0.1, 0.15) is 43.7 Å². The van der Waals surface area contributed by atoms with Gasteiger partial charge in [0.2, 0.25) is 5.95 Å². The van der Waals surface area contributed by atoms with Gasteiger partial charge in [-0.25, -0.2) is 18.7 Å². The van der Waals surface area contributed by atoms with Crippen molar-refractivity contribution in [2.24, 2.45) is 0 Å². The number of nitrogens with one attached hydrogen (secondary N) is 2. The molecule has 2 aromatic carbocycles. The zero-order valence-corrected chi connectivity index (χ0v) is 22.2. The van der Waals surface area contributed by atoms with E-state index in [-0.39, 0.29) is 23.4 Å². The van der Waals surface area contributed by atoms with Crippen molar-refractivity contribution in [3.05, 3.63) is 53.2 Å². The molecule has 9 heteroatoms. The van der Waals surface area contributed by atoms with Gasteiger partial charge in [0.25, 0.3) is 0 Å². The molecular weight excluding hydrogens is 486 g/mol. The van der Waals surface area contributed by atoms with E-state index in [1.54, 1.807) is 6.07 Å². The third-order valence-electron chi connectivity index (χ3n) is 7.98. The smallest absolute Gasteiger partial charge is 0.227 e. The van der Waals surface area contributed by atoms with Crippen LogP contribution in [0.15, 0.2) is 30.5 Å².